The van der Waals surface area contributed by atoms with Crippen LogP contribution >= 0.6 is 0 Å². The van der Waals surface area contributed by atoms with Gasteiger partial charge >= 0.3 is 0 Å². The first-order valence-corrected chi connectivity index (χ1v) is 2.25. The van der Waals surface area contributed by atoms with Gasteiger partial charge in [-0.15, -0.1) is 5.06 Å². The van der Waals surface area contributed by atoms with Crippen LogP contribution < -0.4 is 0 Å². The highest BCUT2D eigenvalue weighted by molar-refractivity contribution is 6.00. The smallest absolute Gasteiger partial charge is 0.256 e. The largest absolute Gasteiger partial charge is 0.272 e. The first-order valence-electron chi connectivity index (χ1n) is 2.25. The zero-order valence-corrected chi connectivity index (χ0v) is 4.09. The summed E-state index contributed by atoms with van der Waals surface area (Å²) in [6, 6.07) is 0. The maximum Gasteiger partial charge on any atom is 0.256 e. The van der Waals surface area contributed by atoms with E-state index in [0.29, 0.717) is 0 Å². The van der Waals surface area contributed by atoms with Crippen LogP contribution in [0, 0.1) is 0 Å². The lowest BCUT2D eigenvalue weighted by atomic mass is 10.4. The zero-order chi connectivity index (χ0) is 6.15. The molecule has 8 heavy (non-hydrogen) atoms. The summed E-state index contributed by atoms with van der Waals surface area (Å²) in [7, 11) is 0. The number of hydroxylamine groups is 2. The van der Waals surface area contributed by atoms with Gasteiger partial charge in [-0.1, -0.05) is 5.21 Å². The predicted octanol–water partition coefficient (Wildman–Crippen LogP) is -0.519. The molecule has 0 atom stereocenters. The summed E-state index contributed by atoms with van der Waals surface area (Å²) in [4.78, 5) is 20.4. The number of carbonyl (C=O) groups excluding carboxylic acids is 2. The van der Waals surface area contributed by atoms with Crippen LogP contribution in [0.3, 0.4) is 0 Å². The summed E-state index contributed by atoms with van der Waals surface area (Å²) in [6.07, 6.45) is 0.171. The number of hydrogen-bond donors (Lipinski definition) is 0. The monoisotopic (exact) mass is 114 g/mol. The minimum absolute atomic E-state index is 0.0833. The Balaban J connectivity index is 2.70. The average Bonchev–Trinajstić information content (AvgIpc) is 1.98. The third-order valence-electron chi connectivity index (χ3n) is 1.01. The molecule has 0 aromatic rings. The van der Waals surface area contributed by atoms with E-state index in [0.717, 1.165) is 0 Å². The number of hydrogen-bond acceptors (Lipinski definition) is 2. The summed E-state index contributed by atoms with van der Waals surface area (Å²) < 4.78 is 0. The van der Waals surface area contributed by atoms with Gasteiger partial charge < -0.3 is 0 Å². The van der Waals surface area contributed by atoms with Crippen LogP contribution in [0.2, 0.25) is 0 Å². The molecule has 0 bridgehead atoms. The van der Waals surface area contributed by atoms with E-state index in [2.05, 4.69) is 0 Å². The Morgan fingerprint density at radius 1 is 1.12 bits per heavy atom. The molecular formula is C4H4NO3. The fourth-order valence-corrected chi connectivity index (χ4v) is 0.556. The first-order chi connectivity index (χ1) is 3.72. The van der Waals surface area contributed by atoms with E-state index in [-0.39, 0.29) is 17.9 Å². The van der Waals surface area contributed by atoms with Crippen LogP contribution in [0.15, 0.2) is 0 Å². The Hall–Kier alpha value is -0.900. The van der Waals surface area contributed by atoms with Gasteiger partial charge in [-0.3, -0.25) is 9.59 Å². The number of carbonyl (C=O) groups is 2. The molecule has 0 aromatic heterocycles. The molecule has 1 heterocycles. The number of nitrogens with zero attached hydrogens (tertiary/aromatic N) is 1. The van der Waals surface area contributed by atoms with Crippen molar-refractivity contribution in [1.82, 2.24) is 5.06 Å². The normalized spacial score (nSPS) is 20.4. The van der Waals surface area contributed by atoms with E-state index in [1.165, 1.54) is 0 Å². The molecule has 1 saturated heterocycles. The molecule has 43 valence electrons. The molecule has 0 aliphatic carbocycles. The molecule has 1 radical (unpaired) electrons. The second-order valence-corrected chi connectivity index (χ2v) is 1.58. The molecule has 1 rings (SSSR count). The second kappa shape index (κ2) is 1.56. The summed E-state index contributed by atoms with van der Waals surface area (Å²) >= 11 is 0. The molecular weight excluding hydrogens is 110 g/mol. The van der Waals surface area contributed by atoms with Gasteiger partial charge in [0.05, 0.1) is 0 Å². The Morgan fingerprint density at radius 2 is 1.50 bits per heavy atom. The SMILES string of the molecule is [O]N1C(=O)CCC1=O. The molecule has 0 spiro atoms. The zero-order valence-electron chi connectivity index (χ0n) is 4.09. The van der Waals surface area contributed by atoms with Crippen molar-refractivity contribution in [3.63, 3.8) is 0 Å². The Morgan fingerprint density at radius 3 is 1.62 bits per heavy atom. The van der Waals surface area contributed by atoms with Crippen molar-refractivity contribution >= 4 is 11.8 Å². The van der Waals surface area contributed by atoms with Crippen LogP contribution in [0.4, 0.5) is 0 Å². The molecule has 0 unspecified atom stereocenters. The first kappa shape index (κ1) is 5.24. The van der Waals surface area contributed by atoms with Crippen molar-refractivity contribution in [2.45, 2.75) is 12.8 Å². The third-order valence-corrected chi connectivity index (χ3v) is 1.01. The van der Waals surface area contributed by atoms with E-state index in [1.807, 2.05) is 0 Å². The number of amides is 2. The highest BCUT2D eigenvalue weighted by atomic mass is 16.5. The Labute approximate surface area is 45.7 Å². The topological polar surface area (TPSA) is 57.3 Å². The van der Waals surface area contributed by atoms with Gasteiger partial charge in [-0.2, -0.15) is 0 Å². The van der Waals surface area contributed by atoms with Gasteiger partial charge in [0.2, 0.25) is 0 Å². The van der Waals surface area contributed by atoms with E-state index >= 15 is 0 Å². The van der Waals surface area contributed by atoms with E-state index in [9.17, 15) is 14.8 Å². The molecule has 0 N–H and O–H groups in total. The molecule has 1 aliphatic heterocycles. The highest BCUT2D eigenvalue weighted by Gasteiger charge is 2.28. The van der Waals surface area contributed by atoms with Crippen LogP contribution in [0.25, 0.3) is 0 Å². The Kier molecular flexibility index (Phi) is 1.02. The summed E-state index contributed by atoms with van der Waals surface area (Å²) in [6.45, 7) is 0. The summed E-state index contributed by atoms with van der Waals surface area (Å²) in [5, 5.41) is 10.0. The van der Waals surface area contributed by atoms with Gasteiger partial charge in [-0.05, 0) is 0 Å². The quantitative estimate of drug-likeness (QED) is 0.398. The van der Waals surface area contributed by atoms with E-state index < -0.39 is 11.8 Å². The number of rotatable bonds is 0. The summed E-state index contributed by atoms with van der Waals surface area (Å²) in [5.41, 5.74) is 0. The molecule has 4 nitrogen and oxygen atoms in total. The van der Waals surface area contributed by atoms with Gasteiger partial charge in [0, 0.05) is 12.8 Å². The Bertz CT molecular complexity index is 126. The lowest BCUT2D eigenvalue weighted by molar-refractivity contribution is -0.187. The molecule has 1 fully saturated rings. The minimum atomic E-state index is -0.616. The second-order valence-electron chi connectivity index (χ2n) is 1.58. The van der Waals surface area contributed by atoms with Gasteiger partial charge in [0.1, 0.15) is 0 Å². The van der Waals surface area contributed by atoms with Crippen LogP contribution in [0.1, 0.15) is 12.8 Å². The molecule has 2 amide bonds. The van der Waals surface area contributed by atoms with Crippen molar-refractivity contribution in [1.29, 1.82) is 0 Å². The fourth-order valence-electron chi connectivity index (χ4n) is 0.556. The van der Waals surface area contributed by atoms with Gasteiger partial charge in [0.15, 0.2) is 0 Å². The average molecular weight is 114 g/mol. The van der Waals surface area contributed by atoms with Crippen molar-refractivity contribution in [3.8, 4) is 0 Å². The summed E-state index contributed by atoms with van der Waals surface area (Å²) in [5.74, 6) is -1.23. The van der Waals surface area contributed by atoms with Gasteiger partial charge in [0.25, 0.3) is 11.8 Å². The molecule has 0 saturated carbocycles. The van der Waals surface area contributed by atoms with Crippen molar-refractivity contribution in [2.24, 2.45) is 0 Å². The minimum Gasteiger partial charge on any atom is -0.272 e. The van der Waals surface area contributed by atoms with Crippen LogP contribution in [-0.2, 0) is 14.8 Å². The maximum atomic E-state index is 10.2. The lowest BCUT2D eigenvalue weighted by Crippen LogP contribution is -2.22. The van der Waals surface area contributed by atoms with Gasteiger partial charge in [-0.25, -0.2) is 0 Å². The predicted molar refractivity (Wildman–Crippen MR) is 21.8 cm³/mol. The van der Waals surface area contributed by atoms with Crippen LogP contribution in [0.5, 0.6) is 0 Å². The fraction of sp³-hybridized carbons (Fsp3) is 0.500. The highest BCUT2D eigenvalue weighted by Crippen LogP contribution is 2.07. The van der Waals surface area contributed by atoms with Crippen molar-refractivity contribution < 1.29 is 14.8 Å². The van der Waals surface area contributed by atoms with Crippen molar-refractivity contribution in [2.75, 3.05) is 0 Å². The van der Waals surface area contributed by atoms with Crippen molar-refractivity contribution in [3.05, 3.63) is 0 Å². The molecule has 4 heteroatoms. The van der Waals surface area contributed by atoms with E-state index in [1.54, 1.807) is 0 Å². The molecule has 1 aliphatic rings. The molecule has 0 aromatic carbocycles. The van der Waals surface area contributed by atoms with E-state index in [4.69, 9.17) is 0 Å². The standard InChI is InChI=1S/C4H4NO3/c6-3-1-2-4(7)5(3)8/h1-2H2. The maximum absolute atomic E-state index is 10.2. The third kappa shape index (κ3) is 0.586. The van der Waals surface area contributed by atoms with Crippen LogP contribution in [-0.4, -0.2) is 16.9 Å². The number of imide groups is 1. The lowest BCUT2D eigenvalue weighted by Gasteiger charge is -1.94.